The van der Waals surface area contributed by atoms with Crippen LogP contribution in [0.5, 0.6) is 0 Å². The molecule has 1 heterocycles. The molecule has 0 radical (unpaired) electrons. The highest BCUT2D eigenvalue weighted by atomic mass is 19.1. The van der Waals surface area contributed by atoms with E-state index in [9.17, 15) is 13.6 Å². The molecule has 2 unspecified atom stereocenters. The van der Waals surface area contributed by atoms with Crippen molar-refractivity contribution < 1.29 is 13.6 Å². The average Bonchev–Trinajstić information content (AvgIpc) is 2.87. The maximum atomic E-state index is 13.8. The number of nitrogens with two attached hydrogens (primary N) is 1. The summed E-state index contributed by atoms with van der Waals surface area (Å²) in [4.78, 5) is 14.9. The van der Waals surface area contributed by atoms with E-state index in [0.29, 0.717) is 11.4 Å². The number of nitrogens with one attached hydrogen (secondary N) is 2. The molecule has 0 fully saturated rings. The maximum Gasteiger partial charge on any atom is 0.221 e. The summed E-state index contributed by atoms with van der Waals surface area (Å²) in [6.07, 6.45) is 3.56. The number of halogens is 2. The van der Waals surface area contributed by atoms with Crippen molar-refractivity contribution in [3.05, 3.63) is 47.8 Å². The number of benzene rings is 1. The van der Waals surface area contributed by atoms with Crippen LogP contribution < -0.4 is 16.4 Å². The highest BCUT2D eigenvalue weighted by molar-refractivity contribution is 5.90. The Morgan fingerprint density at radius 2 is 2.22 bits per heavy atom. The monoisotopic (exact) mass is 320 g/mol. The lowest BCUT2D eigenvalue weighted by atomic mass is 10.00. The summed E-state index contributed by atoms with van der Waals surface area (Å²) in [7, 11) is 0. The van der Waals surface area contributed by atoms with Crippen molar-refractivity contribution in [2.24, 2.45) is 16.6 Å². The zero-order chi connectivity index (χ0) is 17.0. The molecule has 4 N–H and O–H groups in total. The Morgan fingerprint density at radius 3 is 2.78 bits per heavy atom. The molecule has 1 amide bonds. The van der Waals surface area contributed by atoms with Crippen LogP contribution in [0.4, 0.5) is 20.2 Å². The molecule has 7 heteroatoms. The number of nitrogens with zero attached hydrogens (tertiary/aromatic N) is 1. The molecule has 0 saturated carbocycles. The number of anilines is 2. The Balaban J connectivity index is 2.26. The normalized spacial score (nSPS) is 18.5. The van der Waals surface area contributed by atoms with E-state index in [2.05, 4.69) is 15.6 Å². The molecule has 5 nitrogen and oxygen atoms in total. The fourth-order valence-corrected chi connectivity index (χ4v) is 2.26. The van der Waals surface area contributed by atoms with Gasteiger partial charge in [0.2, 0.25) is 5.91 Å². The largest absolute Gasteiger partial charge is 0.378 e. The van der Waals surface area contributed by atoms with E-state index in [-0.39, 0.29) is 5.91 Å². The Labute approximate surface area is 133 Å². The minimum atomic E-state index is -0.912. The van der Waals surface area contributed by atoms with Gasteiger partial charge in [-0.25, -0.2) is 4.39 Å². The highest BCUT2D eigenvalue weighted by Crippen LogP contribution is 2.26. The summed E-state index contributed by atoms with van der Waals surface area (Å²) >= 11 is 0. The molecular formula is C16H18F2N4O. The second kappa shape index (κ2) is 7.04. The van der Waals surface area contributed by atoms with Crippen molar-refractivity contribution >= 4 is 23.5 Å². The van der Waals surface area contributed by atoms with Crippen molar-refractivity contribution in [3.8, 4) is 0 Å². The molecule has 1 aromatic carbocycles. The quantitative estimate of drug-likeness (QED) is 0.730. The summed E-state index contributed by atoms with van der Waals surface area (Å²) in [5.74, 6) is -2.33. The molecule has 1 aromatic rings. The average molecular weight is 320 g/mol. The van der Waals surface area contributed by atoms with E-state index in [4.69, 9.17) is 5.73 Å². The van der Waals surface area contributed by atoms with Crippen LogP contribution in [0.25, 0.3) is 0 Å². The van der Waals surface area contributed by atoms with E-state index in [1.807, 2.05) is 6.92 Å². The first-order valence-electron chi connectivity index (χ1n) is 7.03. The molecule has 122 valence electrons. The number of aryl methyl sites for hydroxylation is 1. The maximum absolute atomic E-state index is 13.8. The molecule has 0 aliphatic carbocycles. The topological polar surface area (TPSA) is 79.5 Å². The van der Waals surface area contributed by atoms with Crippen LogP contribution in [-0.2, 0) is 4.79 Å². The van der Waals surface area contributed by atoms with Gasteiger partial charge in [-0.15, -0.1) is 0 Å². The first kappa shape index (κ1) is 16.7. The molecule has 0 bridgehead atoms. The van der Waals surface area contributed by atoms with E-state index in [0.717, 1.165) is 17.8 Å². The van der Waals surface area contributed by atoms with E-state index in [1.54, 1.807) is 18.2 Å². The number of carbonyl (C=O) groups excluding carboxylic acids is 1. The van der Waals surface area contributed by atoms with Crippen LogP contribution in [0.1, 0.15) is 12.5 Å². The second-order valence-electron chi connectivity index (χ2n) is 5.27. The van der Waals surface area contributed by atoms with Gasteiger partial charge in [-0.05, 0) is 30.7 Å². The van der Waals surface area contributed by atoms with Crippen LogP contribution in [0.15, 0.2) is 47.2 Å². The third kappa shape index (κ3) is 4.38. The van der Waals surface area contributed by atoms with Gasteiger partial charge in [0.25, 0.3) is 0 Å². The molecule has 1 aliphatic rings. The highest BCUT2D eigenvalue weighted by Gasteiger charge is 2.26. The van der Waals surface area contributed by atoms with Crippen molar-refractivity contribution in [2.45, 2.75) is 19.9 Å². The lowest BCUT2D eigenvalue weighted by molar-refractivity contribution is -0.114. The van der Waals surface area contributed by atoms with Gasteiger partial charge in [0.05, 0.1) is 18.2 Å². The van der Waals surface area contributed by atoms with Gasteiger partial charge in [-0.1, -0.05) is 6.07 Å². The van der Waals surface area contributed by atoms with Gasteiger partial charge in [-0.3, -0.25) is 9.79 Å². The number of hydrogen-bond donors (Lipinski definition) is 3. The number of aliphatic imine (C=N–C) groups is 1. The smallest absolute Gasteiger partial charge is 0.221 e. The zero-order valence-corrected chi connectivity index (χ0v) is 12.8. The second-order valence-corrected chi connectivity index (χ2v) is 5.27. The minimum Gasteiger partial charge on any atom is -0.378 e. The van der Waals surface area contributed by atoms with E-state index in [1.165, 1.54) is 13.1 Å². The van der Waals surface area contributed by atoms with Crippen LogP contribution in [-0.4, -0.2) is 18.2 Å². The van der Waals surface area contributed by atoms with Crippen LogP contribution in [0.3, 0.4) is 0 Å². The van der Waals surface area contributed by atoms with Gasteiger partial charge in [0.1, 0.15) is 5.83 Å². The summed E-state index contributed by atoms with van der Waals surface area (Å²) in [5, 5.41) is 5.70. The van der Waals surface area contributed by atoms with Crippen molar-refractivity contribution in [3.63, 3.8) is 0 Å². The Kier molecular flexibility index (Phi) is 5.10. The van der Waals surface area contributed by atoms with Crippen molar-refractivity contribution in [1.82, 2.24) is 0 Å². The molecule has 0 saturated heterocycles. The Hall–Kier alpha value is -2.70. The lowest BCUT2D eigenvalue weighted by Crippen LogP contribution is -2.28. The Morgan fingerprint density at radius 1 is 1.48 bits per heavy atom. The predicted molar refractivity (Wildman–Crippen MR) is 87.4 cm³/mol. The molecule has 23 heavy (non-hydrogen) atoms. The standard InChI is InChI=1S/C16H18F2N4O/c1-9-3-4-11(5-14(9)21-10(2)23)22-15(6-16(18)19)12-7-20-8-13(12)17/h3-8,12,15,22H,19H2,1-2H3,(H,21,23)/b16-6-. The molecule has 0 aromatic heterocycles. The third-order valence-corrected chi connectivity index (χ3v) is 3.37. The van der Waals surface area contributed by atoms with Gasteiger partial charge in [0, 0.05) is 24.5 Å². The third-order valence-electron chi connectivity index (χ3n) is 3.37. The fraction of sp³-hybridized carbons (Fsp3) is 0.250. The number of carbonyl (C=O) groups is 1. The SMILES string of the molecule is CC(=O)Nc1cc(NC(/C=C(\N)F)C2C=NC=C2F)ccc1C. The van der Waals surface area contributed by atoms with Gasteiger partial charge in [-0.2, -0.15) is 4.39 Å². The van der Waals surface area contributed by atoms with Gasteiger partial charge >= 0.3 is 0 Å². The lowest BCUT2D eigenvalue weighted by Gasteiger charge is -2.21. The molecular weight excluding hydrogens is 302 g/mol. The number of amides is 1. The first-order chi connectivity index (χ1) is 10.9. The Bertz CT molecular complexity index is 693. The van der Waals surface area contributed by atoms with Gasteiger partial charge < -0.3 is 16.4 Å². The predicted octanol–water partition coefficient (Wildman–Crippen LogP) is 3.02. The number of rotatable bonds is 5. The summed E-state index contributed by atoms with van der Waals surface area (Å²) in [5.41, 5.74) is 7.18. The van der Waals surface area contributed by atoms with Gasteiger partial charge in [0.15, 0.2) is 5.95 Å². The molecule has 2 atom stereocenters. The summed E-state index contributed by atoms with van der Waals surface area (Å²) < 4.78 is 26.9. The minimum absolute atomic E-state index is 0.202. The van der Waals surface area contributed by atoms with Crippen LogP contribution >= 0.6 is 0 Å². The van der Waals surface area contributed by atoms with Crippen molar-refractivity contribution in [2.75, 3.05) is 10.6 Å². The molecule has 2 rings (SSSR count). The fourth-order valence-electron chi connectivity index (χ4n) is 2.26. The summed E-state index contributed by atoms with van der Waals surface area (Å²) in [6.45, 7) is 3.25. The first-order valence-corrected chi connectivity index (χ1v) is 7.03. The van der Waals surface area contributed by atoms with Crippen LogP contribution in [0.2, 0.25) is 0 Å². The van der Waals surface area contributed by atoms with E-state index < -0.39 is 23.7 Å². The zero-order valence-electron chi connectivity index (χ0n) is 12.8. The molecule has 0 spiro atoms. The summed E-state index contributed by atoms with van der Waals surface area (Å²) in [6, 6.07) is 4.50. The van der Waals surface area contributed by atoms with Crippen molar-refractivity contribution in [1.29, 1.82) is 0 Å². The number of hydrogen-bond acceptors (Lipinski definition) is 4. The van der Waals surface area contributed by atoms with E-state index >= 15 is 0 Å². The van der Waals surface area contributed by atoms with Crippen LogP contribution in [0, 0.1) is 12.8 Å². The molecule has 1 aliphatic heterocycles.